The van der Waals surface area contributed by atoms with Gasteiger partial charge >= 0.3 is 5.97 Å². The highest BCUT2D eigenvalue weighted by molar-refractivity contribution is 5.91. The number of aliphatic carboxylic acids is 1. The number of aromatic nitrogens is 1. The van der Waals surface area contributed by atoms with Crippen molar-refractivity contribution in [2.24, 2.45) is 0 Å². The van der Waals surface area contributed by atoms with Crippen LogP contribution in [0.15, 0.2) is 46.9 Å². The molecule has 1 N–H and O–H groups in total. The molecule has 3 rings (SSSR count). The summed E-state index contributed by atoms with van der Waals surface area (Å²) >= 11 is 0. The van der Waals surface area contributed by atoms with Crippen molar-refractivity contribution in [3.8, 4) is 0 Å². The monoisotopic (exact) mass is 315 g/mol. The maximum absolute atomic E-state index is 13.8. The van der Waals surface area contributed by atoms with E-state index in [2.05, 4.69) is 4.98 Å². The Labute approximate surface area is 129 Å². The van der Waals surface area contributed by atoms with Gasteiger partial charge in [0.25, 0.3) is 0 Å². The Kier molecular flexibility index (Phi) is 3.89. The minimum Gasteiger partial charge on any atom is -0.481 e. The fourth-order valence-corrected chi connectivity index (χ4v) is 2.18. The van der Waals surface area contributed by atoms with Gasteiger partial charge in [0.05, 0.1) is 6.42 Å². The van der Waals surface area contributed by atoms with Gasteiger partial charge in [-0.3, -0.25) is 4.79 Å². The Morgan fingerprint density at radius 2 is 1.83 bits per heavy atom. The molecule has 2 aromatic carbocycles. The number of carboxylic acid groups (broad SMARTS) is 1. The summed E-state index contributed by atoms with van der Waals surface area (Å²) in [6, 6.07) is 10.3. The number of nitrogens with zero attached hydrogens (tertiary/aromatic N) is 1. The number of para-hydroxylation sites is 2. The minimum absolute atomic E-state index is 0.0243. The lowest BCUT2D eigenvalue weighted by molar-refractivity contribution is -0.135. The van der Waals surface area contributed by atoms with E-state index in [1.54, 1.807) is 24.3 Å². The summed E-state index contributed by atoms with van der Waals surface area (Å²) in [6.07, 6.45) is 0.643. The Morgan fingerprint density at radius 1 is 1.13 bits per heavy atom. The number of oxazole rings is 1. The van der Waals surface area contributed by atoms with Crippen LogP contribution in [0, 0.1) is 11.6 Å². The standard InChI is InChI=1S/C17H11F2NO3/c18-12-4-3-5-13(19)11(12)8-10(9-16(21)22)17-20-14-6-1-2-7-15(14)23-17/h1-8H,9H2,(H,21,22)/b10-8-. The molecule has 0 aliphatic heterocycles. The van der Waals surface area contributed by atoms with Crippen LogP contribution in [0.4, 0.5) is 8.78 Å². The second-order valence-electron chi connectivity index (χ2n) is 4.86. The summed E-state index contributed by atoms with van der Waals surface area (Å²) in [4.78, 5) is 15.2. The van der Waals surface area contributed by atoms with Crippen LogP contribution in [0.2, 0.25) is 0 Å². The zero-order chi connectivity index (χ0) is 16.4. The van der Waals surface area contributed by atoms with Gasteiger partial charge in [0.1, 0.15) is 17.2 Å². The van der Waals surface area contributed by atoms with Gasteiger partial charge < -0.3 is 9.52 Å². The van der Waals surface area contributed by atoms with Gasteiger partial charge in [0, 0.05) is 11.1 Å². The van der Waals surface area contributed by atoms with Crippen molar-refractivity contribution in [2.45, 2.75) is 6.42 Å². The fourth-order valence-electron chi connectivity index (χ4n) is 2.18. The van der Waals surface area contributed by atoms with Gasteiger partial charge in [-0.15, -0.1) is 0 Å². The van der Waals surface area contributed by atoms with E-state index >= 15 is 0 Å². The smallest absolute Gasteiger partial charge is 0.308 e. The molecule has 0 saturated carbocycles. The second-order valence-corrected chi connectivity index (χ2v) is 4.86. The van der Waals surface area contributed by atoms with E-state index in [4.69, 9.17) is 9.52 Å². The molecule has 116 valence electrons. The summed E-state index contributed by atoms with van der Waals surface area (Å²) in [5.41, 5.74) is 0.754. The third-order valence-corrected chi connectivity index (χ3v) is 3.23. The van der Waals surface area contributed by atoms with Crippen LogP contribution in [0.5, 0.6) is 0 Å². The molecule has 1 aromatic heterocycles. The third-order valence-electron chi connectivity index (χ3n) is 3.23. The van der Waals surface area contributed by atoms with E-state index in [9.17, 15) is 13.6 Å². The predicted molar refractivity (Wildman–Crippen MR) is 80.5 cm³/mol. The van der Waals surface area contributed by atoms with Crippen LogP contribution in [0.3, 0.4) is 0 Å². The molecule has 6 heteroatoms. The fraction of sp³-hybridized carbons (Fsp3) is 0.0588. The average molecular weight is 315 g/mol. The van der Waals surface area contributed by atoms with Gasteiger partial charge in [-0.2, -0.15) is 0 Å². The number of halogens is 2. The molecular weight excluding hydrogens is 304 g/mol. The molecule has 0 saturated heterocycles. The lowest BCUT2D eigenvalue weighted by Crippen LogP contribution is -1.98. The molecule has 0 bridgehead atoms. The summed E-state index contributed by atoms with van der Waals surface area (Å²) in [7, 11) is 0. The molecular formula is C17H11F2NO3. The first-order chi connectivity index (χ1) is 11.0. The van der Waals surface area contributed by atoms with Gasteiger partial charge in [-0.1, -0.05) is 18.2 Å². The number of carboxylic acids is 1. The Morgan fingerprint density at radius 3 is 2.48 bits per heavy atom. The first-order valence-electron chi connectivity index (χ1n) is 6.77. The number of rotatable bonds is 4. The van der Waals surface area contributed by atoms with Gasteiger partial charge in [0.2, 0.25) is 5.89 Å². The Balaban J connectivity index is 2.14. The number of carbonyl (C=O) groups is 1. The number of benzene rings is 2. The average Bonchev–Trinajstić information content (AvgIpc) is 2.93. The normalized spacial score (nSPS) is 11.8. The van der Waals surface area contributed by atoms with Crippen LogP contribution < -0.4 is 0 Å². The molecule has 0 aliphatic rings. The van der Waals surface area contributed by atoms with E-state index in [0.717, 1.165) is 18.2 Å². The summed E-state index contributed by atoms with van der Waals surface area (Å²) in [6.45, 7) is 0. The van der Waals surface area contributed by atoms with Crippen molar-refractivity contribution in [1.29, 1.82) is 0 Å². The SMILES string of the molecule is O=C(O)C/C(=C/c1c(F)cccc1F)c1nc2ccccc2o1. The molecule has 0 aliphatic carbocycles. The lowest BCUT2D eigenvalue weighted by Gasteiger charge is -2.03. The van der Waals surface area contributed by atoms with Crippen LogP contribution >= 0.6 is 0 Å². The molecule has 4 nitrogen and oxygen atoms in total. The zero-order valence-electron chi connectivity index (χ0n) is 11.8. The largest absolute Gasteiger partial charge is 0.481 e. The highest BCUT2D eigenvalue weighted by atomic mass is 19.1. The van der Waals surface area contributed by atoms with Crippen molar-refractivity contribution in [3.05, 3.63) is 65.6 Å². The minimum atomic E-state index is -1.16. The summed E-state index contributed by atoms with van der Waals surface area (Å²) in [5, 5.41) is 9.04. The predicted octanol–water partition coefficient (Wildman–Crippen LogP) is 4.12. The quantitative estimate of drug-likeness (QED) is 0.786. The molecule has 0 spiro atoms. The van der Waals surface area contributed by atoms with Crippen LogP contribution in [0.25, 0.3) is 22.7 Å². The van der Waals surface area contributed by atoms with Crippen molar-refractivity contribution in [2.75, 3.05) is 0 Å². The zero-order valence-corrected chi connectivity index (χ0v) is 11.8. The first-order valence-corrected chi connectivity index (χ1v) is 6.77. The summed E-state index contributed by atoms with van der Waals surface area (Å²) in [5.74, 6) is -2.71. The van der Waals surface area contributed by atoms with E-state index in [1.807, 2.05) is 0 Å². The molecule has 0 atom stereocenters. The van der Waals surface area contributed by atoms with Gasteiger partial charge in [-0.05, 0) is 30.3 Å². The van der Waals surface area contributed by atoms with Gasteiger partial charge in [-0.25, -0.2) is 13.8 Å². The van der Waals surface area contributed by atoms with Crippen molar-refractivity contribution >= 4 is 28.7 Å². The summed E-state index contributed by atoms with van der Waals surface area (Å²) < 4.78 is 33.1. The molecule has 0 amide bonds. The maximum atomic E-state index is 13.8. The molecule has 0 radical (unpaired) electrons. The van der Waals surface area contributed by atoms with Crippen LogP contribution in [0.1, 0.15) is 17.9 Å². The Bertz CT molecular complexity index is 862. The number of hydrogen-bond donors (Lipinski definition) is 1. The lowest BCUT2D eigenvalue weighted by atomic mass is 10.1. The molecule has 23 heavy (non-hydrogen) atoms. The topological polar surface area (TPSA) is 63.3 Å². The maximum Gasteiger partial charge on any atom is 0.308 e. The molecule has 3 aromatic rings. The van der Waals surface area contributed by atoms with Crippen molar-refractivity contribution in [1.82, 2.24) is 4.98 Å². The number of hydrogen-bond acceptors (Lipinski definition) is 3. The van der Waals surface area contributed by atoms with E-state index in [-0.39, 0.29) is 17.0 Å². The van der Waals surface area contributed by atoms with Crippen molar-refractivity contribution in [3.63, 3.8) is 0 Å². The van der Waals surface area contributed by atoms with Crippen LogP contribution in [-0.2, 0) is 4.79 Å². The molecule has 0 unspecified atom stereocenters. The second kappa shape index (κ2) is 6.00. The highest BCUT2D eigenvalue weighted by Gasteiger charge is 2.16. The van der Waals surface area contributed by atoms with Crippen molar-refractivity contribution < 1.29 is 23.1 Å². The Hall–Kier alpha value is -3.02. The molecule has 0 fully saturated rings. The van der Waals surface area contributed by atoms with Gasteiger partial charge in [0.15, 0.2) is 5.58 Å². The molecule has 1 heterocycles. The third kappa shape index (κ3) is 3.11. The van der Waals surface area contributed by atoms with Crippen LogP contribution in [-0.4, -0.2) is 16.1 Å². The van der Waals surface area contributed by atoms with E-state index in [1.165, 1.54) is 6.07 Å². The van der Waals surface area contributed by atoms with E-state index < -0.39 is 24.0 Å². The van der Waals surface area contributed by atoms with E-state index in [0.29, 0.717) is 11.1 Å². The number of fused-ring (bicyclic) bond motifs is 1. The first kappa shape index (κ1) is 14.9. The highest BCUT2D eigenvalue weighted by Crippen LogP contribution is 2.27.